The molecular weight excluding hydrogens is 306 g/mol. The number of aryl methyl sites for hydroxylation is 1. The third-order valence-corrected chi connectivity index (χ3v) is 4.80. The van der Waals surface area contributed by atoms with Gasteiger partial charge < -0.3 is 5.32 Å². The van der Waals surface area contributed by atoms with Crippen molar-refractivity contribution in [1.29, 1.82) is 0 Å². The predicted molar refractivity (Wildman–Crippen MR) is 87.4 cm³/mol. The van der Waals surface area contributed by atoms with Gasteiger partial charge in [0.05, 0.1) is 5.69 Å². The molecule has 0 saturated heterocycles. The number of nitrogens with zero attached hydrogens (tertiary/aromatic N) is 1. The number of urea groups is 1. The van der Waals surface area contributed by atoms with Crippen LogP contribution in [0.15, 0.2) is 24.3 Å². The van der Waals surface area contributed by atoms with Gasteiger partial charge in [-0.25, -0.2) is 9.78 Å². The summed E-state index contributed by atoms with van der Waals surface area (Å²) in [6, 6.07) is 6.71. The van der Waals surface area contributed by atoms with E-state index in [4.69, 9.17) is 11.6 Å². The first kappa shape index (κ1) is 14.4. The lowest BCUT2D eigenvalue weighted by molar-refractivity contribution is 0.262. The number of hydrogen-bond acceptors (Lipinski definition) is 3. The summed E-state index contributed by atoms with van der Waals surface area (Å²) >= 11 is 7.39. The van der Waals surface area contributed by atoms with Crippen molar-refractivity contribution in [3.8, 4) is 0 Å². The molecule has 1 unspecified atom stereocenters. The van der Waals surface area contributed by atoms with Crippen LogP contribution in [0.2, 0.25) is 5.02 Å². The summed E-state index contributed by atoms with van der Waals surface area (Å²) in [4.78, 5) is 17.8. The van der Waals surface area contributed by atoms with Gasteiger partial charge in [-0.15, -0.1) is 11.3 Å². The van der Waals surface area contributed by atoms with Gasteiger partial charge in [0.1, 0.15) is 0 Å². The summed E-state index contributed by atoms with van der Waals surface area (Å²) in [6.45, 7) is 2.25. The van der Waals surface area contributed by atoms with Crippen LogP contribution in [-0.4, -0.2) is 11.0 Å². The monoisotopic (exact) mass is 321 g/mol. The number of aromatic nitrogens is 1. The van der Waals surface area contributed by atoms with Gasteiger partial charge >= 0.3 is 6.03 Å². The van der Waals surface area contributed by atoms with Gasteiger partial charge in [0.25, 0.3) is 0 Å². The zero-order valence-corrected chi connectivity index (χ0v) is 13.2. The summed E-state index contributed by atoms with van der Waals surface area (Å²) < 4.78 is 0. The fourth-order valence-electron chi connectivity index (χ4n) is 2.39. The van der Waals surface area contributed by atoms with Crippen LogP contribution in [0.3, 0.4) is 0 Å². The average molecular weight is 322 g/mol. The highest BCUT2D eigenvalue weighted by Crippen LogP contribution is 2.32. The Morgan fingerprint density at radius 1 is 1.33 bits per heavy atom. The molecule has 0 bridgehead atoms. The number of thiazole rings is 1. The second kappa shape index (κ2) is 6.03. The van der Waals surface area contributed by atoms with Crippen molar-refractivity contribution in [3.63, 3.8) is 0 Å². The van der Waals surface area contributed by atoms with Gasteiger partial charge in [0.2, 0.25) is 0 Å². The molecule has 2 N–H and O–H groups in total. The molecule has 1 atom stereocenters. The van der Waals surface area contributed by atoms with Crippen LogP contribution < -0.4 is 10.6 Å². The summed E-state index contributed by atoms with van der Waals surface area (Å²) in [5, 5.41) is 6.87. The van der Waals surface area contributed by atoms with E-state index in [2.05, 4.69) is 22.5 Å². The molecule has 0 saturated carbocycles. The Bertz CT molecular complexity index is 653. The van der Waals surface area contributed by atoms with E-state index >= 15 is 0 Å². The Kier molecular flexibility index (Phi) is 4.12. The van der Waals surface area contributed by atoms with Crippen molar-refractivity contribution in [2.45, 2.75) is 26.2 Å². The number of amides is 2. The van der Waals surface area contributed by atoms with Crippen molar-refractivity contribution in [2.24, 2.45) is 5.92 Å². The Morgan fingerprint density at radius 3 is 2.86 bits per heavy atom. The summed E-state index contributed by atoms with van der Waals surface area (Å²) in [7, 11) is 0. The van der Waals surface area contributed by atoms with Gasteiger partial charge in [-0.05, 0) is 49.4 Å². The maximum Gasteiger partial charge on any atom is 0.325 e. The molecule has 0 spiro atoms. The van der Waals surface area contributed by atoms with Crippen LogP contribution in [0.4, 0.5) is 15.6 Å². The van der Waals surface area contributed by atoms with Crippen molar-refractivity contribution >= 4 is 39.8 Å². The maximum absolute atomic E-state index is 12.0. The molecule has 1 aliphatic rings. The molecule has 3 rings (SSSR count). The maximum atomic E-state index is 12.0. The van der Waals surface area contributed by atoms with Crippen molar-refractivity contribution in [3.05, 3.63) is 39.9 Å². The molecule has 2 amide bonds. The van der Waals surface area contributed by atoms with E-state index in [1.807, 2.05) is 0 Å². The molecule has 1 aromatic carbocycles. The van der Waals surface area contributed by atoms with Gasteiger partial charge in [-0.3, -0.25) is 5.32 Å². The smallest absolute Gasteiger partial charge is 0.308 e. The minimum Gasteiger partial charge on any atom is -0.308 e. The Labute approximate surface area is 132 Å². The van der Waals surface area contributed by atoms with E-state index in [9.17, 15) is 4.79 Å². The molecule has 0 fully saturated rings. The minimum atomic E-state index is -0.281. The minimum absolute atomic E-state index is 0.281. The number of hydrogen-bond donors (Lipinski definition) is 2. The van der Waals surface area contributed by atoms with Gasteiger partial charge in [0, 0.05) is 15.6 Å². The van der Waals surface area contributed by atoms with E-state index in [1.165, 1.54) is 11.3 Å². The molecule has 0 radical (unpaired) electrons. The van der Waals surface area contributed by atoms with Gasteiger partial charge in [-0.2, -0.15) is 0 Å². The quantitative estimate of drug-likeness (QED) is 0.851. The lowest BCUT2D eigenvalue weighted by Gasteiger charge is -2.15. The van der Waals surface area contributed by atoms with Crippen LogP contribution in [0.25, 0.3) is 0 Å². The van der Waals surface area contributed by atoms with Crippen LogP contribution in [0.1, 0.15) is 23.9 Å². The standard InChI is InChI=1S/C15H16ClN3OS/c1-9-2-7-12-13(8-9)21-15(18-12)19-14(20)17-11-5-3-10(16)4-6-11/h3-6,9H,2,7-8H2,1H3,(H2,17,18,19,20). The van der Waals surface area contributed by atoms with E-state index in [-0.39, 0.29) is 6.03 Å². The number of fused-ring (bicyclic) bond motifs is 1. The third-order valence-electron chi connectivity index (χ3n) is 3.51. The number of nitrogens with one attached hydrogen (secondary N) is 2. The van der Waals surface area contributed by atoms with Crippen molar-refractivity contribution < 1.29 is 4.79 Å². The molecule has 6 heteroatoms. The Balaban J connectivity index is 1.64. The van der Waals surface area contributed by atoms with E-state index in [0.29, 0.717) is 21.8 Å². The van der Waals surface area contributed by atoms with Crippen molar-refractivity contribution in [1.82, 2.24) is 4.98 Å². The largest absolute Gasteiger partial charge is 0.325 e. The van der Waals surface area contributed by atoms with Crippen molar-refractivity contribution in [2.75, 3.05) is 10.6 Å². The normalized spacial score (nSPS) is 17.1. The molecule has 0 aliphatic heterocycles. The fourth-order valence-corrected chi connectivity index (χ4v) is 3.68. The fraction of sp³-hybridized carbons (Fsp3) is 0.333. The van der Waals surface area contributed by atoms with Crippen LogP contribution in [0, 0.1) is 5.92 Å². The number of carbonyl (C=O) groups excluding carboxylic acids is 1. The summed E-state index contributed by atoms with van der Waals surface area (Å²) in [5.74, 6) is 0.702. The van der Waals surface area contributed by atoms with E-state index in [0.717, 1.165) is 18.5 Å². The Morgan fingerprint density at radius 2 is 2.10 bits per heavy atom. The van der Waals surface area contributed by atoms with Crippen LogP contribution in [0.5, 0.6) is 0 Å². The molecule has 1 heterocycles. The van der Waals surface area contributed by atoms with Crippen LogP contribution in [-0.2, 0) is 12.8 Å². The first-order valence-corrected chi connectivity index (χ1v) is 8.12. The molecule has 2 aromatic rings. The second-order valence-electron chi connectivity index (χ2n) is 5.32. The summed E-state index contributed by atoms with van der Waals surface area (Å²) in [5.41, 5.74) is 1.84. The van der Waals surface area contributed by atoms with E-state index in [1.54, 1.807) is 35.6 Å². The predicted octanol–water partition coefficient (Wildman–Crippen LogP) is 4.57. The number of anilines is 2. The lowest BCUT2D eigenvalue weighted by atomic mass is 9.93. The average Bonchev–Trinajstić information content (AvgIpc) is 2.82. The summed E-state index contributed by atoms with van der Waals surface area (Å²) in [6.07, 6.45) is 3.24. The first-order valence-electron chi connectivity index (χ1n) is 6.92. The first-order chi connectivity index (χ1) is 10.1. The van der Waals surface area contributed by atoms with Gasteiger partial charge in [-0.1, -0.05) is 18.5 Å². The number of carbonyl (C=O) groups is 1. The number of rotatable bonds is 2. The molecule has 1 aliphatic carbocycles. The molecule has 110 valence electrons. The van der Waals surface area contributed by atoms with E-state index < -0.39 is 0 Å². The topological polar surface area (TPSA) is 54.0 Å². The lowest BCUT2D eigenvalue weighted by Crippen LogP contribution is -2.19. The molecule has 21 heavy (non-hydrogen) atoms. The van der Waals surface area contributed by atoms with Crippen LogP contribution >= 0.6 is 22.9 Å². The molecule has 4 nitrogen and oxygen atoms in total. The number of halogens is 1. The highest BCUT2D eigenvalue weighted by Gasteiger charge is 2.20. The highest BCUT2D eigenvalue weighted by molar-refractivity contribution is 7.15. The Hall–Kier alpha value is -1.59. The molecule has 1 aromatic heterocycles. The zero-order chi connectivity index (χ0) is 14.8. The second-order valence-corrected chi connectivity index (χ2v) is 6.84. The molecular formula is C15H16ClN3OS. The SMILES string of the molecule is CC1CCc2nc(NC(=O)Nc3ccc(Cl)cc3)sc2C1. The highest BCUT2D eigenvalue weighted by atomic mass is 35.5. The zero-order valence-electron chi connectivity index (χ0n) is 11.6. The number of benzene rings is 1. The third kappa shape index (κ3) is 3.54. The van der Waals surface area contributed by atoms with Gasteiger partial charge in [0.15, 0.2) is 5.13 Å².